The molecule has 3 aliphatic rings. The monoisotopic (exact) mass is 729 g/mol. The van der Waals surface area contributed by atoms with Crippen LogP contribution in [0.25, 0.3) is 0 Å². The molecule has 2 saturated heterocycles. The fourth-order valence-electron chi connectivity index (χ4n) is 8.11. The van der Waals surface area contributed by atoms with Crippen LogP contribution in [0.4, 0.5) is 4.79 Å². The first-order valence-corrected chi connectivity index (χ1v) is 19.8. The zero-order valence-electron chi connectivity index (χ0n) is 30.2. The zero-order valence-corrected chi connectivity index (χ0v) is 31.0. The number of amides is 3. The second-order valence-electron chi connectivity index (χ2n) is 14.7. The van der Waals surface area contributed by atoms with E-state index in [1.54, 1.807) is 34.4 Å². The molecule has 2 atom stereocenters. The number of ether oxygens (including phenoxy) is 1. The molecule has 2 aliphatic heterocycles. The van der Waals surface area contributed by atoms with E-state index in [0.29, 0.717) is 37.2 Å². The molecule has 1 spiro atoms. The van der Waals surface area contributed by atoms with Crippen LogP contribution in [0.15, 0.2) is 72.1 Å². The third-order valence-corrected chi connectivity index (χ3v) is 12.0. The molecule has 3 amide bonds. The second kappa shape index (κ2) is 18.3. The molecule has 6 N–H and O–H groups in total. The van der Waals surface area contributed by atoms with Crippen molar-refractivity contribution in [2.75, 3.05) is 39.3 Å². The van der Waals surface area contributed by atoms with E-state index in [0.717, 1.165) is 68.6 Å². The molecule has 0 radical (unpaired) electrons. The lowest BCUT2D eigenvalue weighted by Gasteiger charge is -2.43. The molecule has 3 heterocycles. The Kier molecular flexibility index (Phi) is 13.3. The molecule has 0 unspecified atom stereocenters. The van der Waals surface area contributed by atoms with Crippen LogP contribution in [0, 0.1) is 5.41 Å². The minimum atomic E-state index is -0.855. The number of benzene rings is 2. The van der Waals surface area contributed by atoms with Crippen molar-refractivity contribution in [2.45, 2.75) is 89.1 Å². The summed E-state index contributed by atoms with van der Waals surface area (Å²) in [5.74, 6) is 0.0169. The van der Waals surface area contributed by atoms with Gasteiger partial charge in [-0.3, -0.25) is 14.5 Å². The van der Waals surface area contributed by atoms with Crippen molar-refractivity contribution in [2.24, 2.45) is 16.9 Å². The van der Waals surface area contributed by atoms with E-state index in [2.05, 4.69) is 45.9 Å². The van der Waals surface area contributed by atoms with Crippen LogP contribution in [0.1, 0.15) is 67.4 Å². The van der Waals surface area contributed by atoms with E-state index in [9.17, 15) is 14.4 Å². The summed E-state index contributed by atoms with van der Waals surface area (Å²) in [5, 5.41) is 8.76. The van der Waals surface area contributed by atoms with Gasteiger partial charge in [0.2, 0.25) is 11.8 Å². The Morgan fingerprint density at radius 2 is 1.73 bits per heavy atom. The van der Waals surface area contributed by atoms with Crippen LogP contribution >= 0.6 is 11.3 Å². The van der Waals surface area contributed by atoms with Gasteiger partial charge in [0.05, 0.1) is 19.1 Å². The number of likely N-dealkylation sites (tertiary alicyclic amines) is 1. The molecule has 280 valence electrons. The lowest BCUT2D eigenvalue weighted by atomic mass is 9.72. The molecule has 11 nitrogen and oxygen atoms in total. The van der Waals surface area contributed by atoms with Gasteiger partial charge >= 0.3 is 6.09 Å². The summed E-state index contributed by atoms with van der Waals surface area (Å²) in [7, 11) is 0. The highest BCUT2D eigenvalue weighted by molar-refractivity contribution is 7.09. The fourth-order valence-corrected chi connectivity index (χ4v) is 8.75. The molecule has 3 fully saturated rings. The fraction of sp³-hybridized carbons (Fsp3) is 0.525. The van der Waals surface area contributed by atoms with Gasteiger partial charge in [0.15, 0.2) is 0 Å². The number of thiophene rings is 1. The number of hydrogen-bond donors (Lipinski definition) is 4. The van der Waals surface area contributed by atoms with Crippen LogP contribution < -0.4 is 26.8 Å². The molecule has 1 aromatic heterocycles. The smallest absolute Gasteiger partial charge is 0.410 e. The molecular formula is C40H55N7O4S. The van der Waals surface area contributed by atoms with Crippen molar-refractivity contribution in [1.82, 2.24) is 25.3 Å². The minimum absolute atomic E-state index is 0.0401. The number of carbonyl (C=O) groups excluding carboxylic acids is 3. The summed E-state index contributed by atoms with van der Waals surface area (Å²) < 4.78 is 5.70. The average molecular weight is 730 g/mol. The van der Waals surface area contributed by atoms with Gasteiger partial charge in [-0.2, -0.15) is 0 Å². The third kappa shape index (κ3) is 9.99. The molecule has 52 heavy (non-hydrogen) atoms. The summed E-state index contributed by atoms with van der Waals surface area (Å²) in [4.78, 5) is 48.5. The van der Waals surface area contributed by atoms with Crippen LogP contribution in [0.3, 0.4) is 0 Å². The first-order chi connectivity index (χ1) is 25.3. The van der Waals surface area contributed by atoms with Crippen LogP contribution in [-0.4, -0.2) is 90.0 Å². The van der Waals surface area contributed by atoms with E-state index >= 15 is 0 Å². The van der Waals surface area contributed by atoms with Crippen molar-refractivity contribution < 1.29 is 19.1 Å². The predicted octanol–water partition coefficient (Wildman–Crippen LogP) is 4.46. The maximum absolute atomic E-state index is 14.5. The standard InChI is InChI=1S/C40H55N7O4S/c41-19-5-4-13-35(44-32-14-16-40(17-15-32)18-20-45(29-40)27-30-8-2-1-3-9-30)38(49)47-22-21-46(39(50)51-33-11-6-10-31(24-33)25-42)28-36(47)37(48)43-26-34-12-7-23-52-34/h1-3,6-12,23-24,32,35-36,44H,4-5,13-22,25-29,41-42H2,(H,43,48)/t32?,35-,36+,40?/m1/s1. The van der Waals surface area contributed by atoms with E-state index in [-0.39, 0.29) is 37.5 Å². The summed E-state index contributed by atoms with van der Waals surface area (Å²) in [6, 6.07) is 20.7. The average Bonchev–Trinajstić information content (AvgIpc) is 3.84. The van der Waals surface area contributed by atoms with E-state index in [1.165, 1.54) is 16.9 Å². The van der Waals surface area contributed by atoms with E-state index in [4.69, 9.17) is 16.2 Å². The number of carbonyl (C=O) groups is 3. The van der Waals surface area contributed by atoms with Gasteiger partial charge < -0.3 is 36.6 Å². The van der Waals surface area contributed by atoms with Crippen LogP contribution in [0.5, 0.6) is 5.75 Å². The van der Waals surface area contributed by atoms with E-state index < -0.39 is 18.2 Å². The number of piperazine rings is 1. The molecule has 2 aromatic carbocycles. The van der Waals surface area contributed by atoms with Gasteiger partial charge in [0, 0.05) is 43.6 Å². The van der Waals surface area contributed by atoms with Crippen molar-refractivity contribution in [3.63, 3.8) is 0 Å². The van der Waals surface area contributed by atoms with Crippen molar-refractivity contribution in [3.05, 3.63) is 88.1 Å². The third-order valence-electron chi connectivity index (χ3n) is 11.1. The van der Waals surface area contributed by atoms with Crippen molar-refractivity contribution in [1.29, 1.82) is 0 Å². The first-order valence-electron chi connectivity index (χ1n) is 18.9. The highest BCUT2D eigenvalue weighted by Gasteiger charge is 2.43. The van der Waals surface area contributed by atoms with Crippen molar-refractivity contribution >= 4 is 29.2 Å². The summed E-state index contributed by atoms with van der Waals surface area (Å²) in [6.45, 7) is 5.03. The molecule has 1 saturated carbocycles. The largest absolute Gasteiger partial charge is 0.415 e. The SMILES string of the molecule is NCCCC[C@@H](NC1CCC2(CC1)CCN(Cc1ccccc1)C2)C(=O)N1CCN(C(=O)Oc2cccc(CN)c2)C[C@H]1C(=O)NCc1cccs1. The minimum Gasteiger partial charge on any atom is -0.410 e. The number of nitrogens with one attached hydrogen (secondary N) is 2. The topological polar surface area (TPSA) is 146 Å². The maximum atomic E-state index is 14.5. The molecule has 12 heteroatoms. The molecule has 6 rings (SSSR count). The van der Waals surface area contributed by atoms with Gasteiger partial charge in [-0.15, -0.1) is 11.3 Å². The molecule has 1 aliphatic carbocycles. The van der Waals surface area contributed by atoms with Gasteiger partial charge in [0.1, 0.15) is 11.8 Å². The first kappa shape index (κ1) is 37.9. The van der Waals surface area contributed by atoms with Crippen molar-refractivity contribution in [3.8, 4) is 5.75 Å². The maximum Gasteiger partial charge on any atom is 0.415 e. The Morgan fingerprint density at radius 3 is 2.48 bits per heavy atom. The molecule has 0 bridgehead atoms. The van der Waals surface area contributed by atoms with Crippen LogP contribution in [0.2, 0.25) is 0 Å². The number of unbranched alkanes of at least 4 members (excludes halogenated alkanes) is 1. The Labute approximate surface area is 312 Å². The predicted molar refractivity (Wildman–Crippen MR) is 204 cm³/mol. The quantitative estimate of drug-likeness (QED) is 0.178. The van der Waals surface area contributed by atoms with Gasteiger partial charge in [0.25, 0.3) is 0 Å². The number of rotatable bonds is 14. The normalized spacial score (nSPS) is 22.7. The van der Waals surface area contributed by atoms with Gasteiger partial charge in [-0.25, -0.2) is 4.79 Å². The van der Waals surface area contributed by atoms with Gasteiger partial charge in [-0.1, -0.05) is 55.0 Å². The molecular weight excluding hydrogens is 675 g/mol. The highest BCUT2D eigenvalue weighted by atomic mass is 32.1. The zero-order chi connectivity index (χ0) is 36.3. The number of nitrogens with zero attached hydrogens (tertiary/aromatic N) is 3. The summed E-state index contributed by atoms with van der Waals surface area (Å²) >= 11 is 1.56. The Bertz CT molecular complexity index is 1600. The summed E-state index contributed by atoms with van der Waals surface area (Å²) in [6.07, 6.45) is 7.28. The van der Waals surface area contributed by atoms with E-state index in [1.807, 2.05) is 23.6 Å². The number of nitrogens with two attached hydrogens (primary N) is 2. The van der Waals surface area contributed by atoms with Gasteiger partial charge in [-0.05, 0) is 98.2 Å². The second-order valence-corrected chi connectivity index (χ2v) is 15.8. The Balaban J connectivity index is 1.11. The number of hydrogen-bond acceptors (Lipinski definition) is 9. The lowest BCUT2D eigenvalue weighted by Crippen LogP contribution is -2.64. The lowest BCUT2D eigenvalue weighted by molar-refractivity contribution is -0.145. The summed E-state index contributed by atoms with van der Waals surface area (Å²) in [5.41, 5.74) is 14.2. The highest BCUT2D eigenvalue weighted by Crippen LogP contribution is 2.44. The molecule has 3 aromatic rings. The van der Waals surface area contributed by atoms with Crippen LogP contribution in [-0.2, 0) is 29.2 Å². The Hall–Kier alpha value is -3.81. The Morgan fingerprint density at radius 1 is 0.923 bits per heavy atom.